The first kappa shape index (κ1) is 14.5. The molecule has 0 unspecified atom stereocenters. The fraction of sp³-hybridized carbons (Fsp3) is 0.550. The summed E-state index contributed by atoms with van der Waals surface area (Å²) in [7, 11) is 0. The summed E-state index contributed by atoms with van der Waals surface area (Å²) in [5.41, 5.74) is 5.09. The highest BCUT2D eigenvalue weighted by atomic mass is 16.2. The van der Waals surface area contributed by atoms with Gasteiger partial charge in [0.25, 0.3) is 0 Å². The molecule has 0 aromatic carbocycles. The first-order valence-corrected chi connectivity index (χ1v) is 9.21. The van der Waals surface area contributed by atoms with Crippen LogP contribution >= 0.6 is 0 Å². The van der Waals surface area contributed by atoms with Crippen molar-refractivity contribution in [3.63, 3.8) is 0 Å². The smallest absolute Gasteiger partial charge is 0.224 e. The van der Waals surface area contributed by atoms with E-state index in [1.165, 1.54) is 28.8 Å². The molecule has 126 valence electrons. The molecule has 4 heteroatoms. The van der Waals surface area contributed by atoms with Crippen LogP contribution in [-0.4, -0.2) is 23.4 Å². The third kappa shape index (κ3) is 1.99. The number of carbonyl (C=O) groups is 1. The highest BCUT2D eigenvalue weighted by molar-refractivity contribution is 5.83. The number of pyridine rings is 1. The van der Waals surface area contributed by atoms with Gasteiger partial charge < -0.3 is 15.0 Å². The van der Waals surface area contributed by atoms with Crippen molar-refractivity contribution in [2.45, 2.75) is 38.6 Å². The topological polar surface area (TPSA) is 45.5 Å². The fourth-order valence-electron chi connectivity index (χ4n) is 5.02. The van der Waals surface area contributed by atoms with E-state index in [-0.39, 0.29) is 17.4 Å². The van der Waals surface area contributed by atoms with E-state index in [9.17, 15) is 4.79 Å². The molecule has 0 spiro atoms. The molecule has 2 aliphatic carbocycles. The molecule has 1 amide bonds. The Morgan fingerprint density at radius 1 is 1.25 bits per heavy atom. The Hall–Kier alpha value is -1.81. The van der Waals surface area contributed by atoms with Gasteiger partial charge in [0.05, 0.1) is 11.1 Å². The second kappa shape index (κ2) is 4.85. The van der Waals surface area contributed by atoms with Crippen LogP contribution in [0.5, 0.6) is 0 Å². The number of aromatic nitrogens is 1. The molecule has 2 N–H and O–H groups in total. The zero-order chi connectivity index (χ0) is 16.5. The summed E-state index contributed by atoms with van der Waals surface area (Å²) >= 11 is 0. The zero-order valence-electron chi connectivity index (χ0n) is 14.4. The summed E-state index contributed by atoms with van der Waals surface area (Å²) in [6.07, 6.45) is 5.67. The van der Waals surface area contributed by atoms with Crippen LogP contribution in [0, 0.1) is 17.8 Å². The van der Waals surface area contributed by atoms with E-state index in [1.54, 1.807) is 0 Å². The predicted molar refractivity (Wildman–Crippen MR) is 93.9 cm³/mol. The Balaban J connectivity index is 1.48. The van der Waals surface area contributed by atoms with Crippen LogP contribution in [0.15, 0.2) is 24.4 Å². The maximum Gasteiger partial charge on any atom is 0.224 e. The summed E-state index contributed by atoms with van der Waals surface area (Å²) in [5, 5.41) is 6.71. The van der Waals surface area contributed by atoms with E-state index in [2.05, 4.69) is 53.3 Å². The Bertz CT molecular complexity index is 825. The minimum atomic E-state index is -0.356. The quantitative estimate of drug-likeness (QED) is 0.910. The van der Waals surface area contributed by atoms with Gasteiger partial charge in [-0.3, -0.25) is 4.79 Å². The average molecular weight is 323 g/mol. The number of aryl methyl sites for hydroxylation is 2. The molecule has 4 nitrogen and oxygen atoms in total. The number of nitrogens with one attached hydrogen (secondary N) is 2. The normalized spacial score (nSPS) is 28.0. The first-order valence-electron chi connectivity index (χ1n) is 9.21. The predicted octanol–water partition coefficient (Wildman–Crippen LogP) is 2.24. The van der Waals surface area contributed by atoms with E-state index in [1.807, 2.05) is 0 Å². The molecule has 0 bridgehead atoms. The highest BCUT2D eigenvalue weighted by Crippen LogP contribution is 2.49. The zero-order valence-corrected chi connectivity index (χ0v) is 14.4. The lowest BCUT2D eigenvalue weighted by Gasteiger charge is -2.27. The van der Waals surface area contributed by atoms with Crippen molar-refractivity contribution in [2.24, 2.45) is 17.8 Å². The van der Waals surface area contributed by atoms with Crippen molar-refractivity contribution in [1.29, 1.82) is 0 Å². The van der Waals surface area contributed by atoms with Crippen molar-refractivity contribution in [2.75, 3.05) is 13.1 Å². The average Bonchev–Trinajstić information content (AvgIpc) is 2.90. The standard InChI is InChI=1S/C20H25N3O/c1-20(2,22-19(24)17-14-10-21-11-15(14)17)16-9-13-6-3-5-12-7-4-8-23(16)18(12)13/h4,7-9,14-15,17,21H,3,5-6,10-11H2,1-2H3,(H,22,24)/t14-,15+,17+. The minimum Gasteiger partial charge on any atom is -0.345 e. The third-order valence-corrected chi connectivity index (χ3v) is 6.31. The molecule has 0 radical (unpaired) electrons. The van der Waals surface area contributed by atoms with Gasteiger partial charge in [-0.15, -0.1) is 0 Å². The van der Waals surface area contributed by atoms with Gasteiger partial charge in [0.15, 0.2) is 0 Å². The van der Waals surface area contributed by atoms with Gasteiger partial charge in [0, 0.05) is 17.8 Å². The lowest BCUT2D eigenvalue weighted by Crippen LogP contribution is -2.43. The SMILES string of the molecule is CC(C)(NC(=O)[C@H]1[C@@H]2CNC[C@@H]21)c1cc2c3c(cccn13)CCC2. The van der Waals surface area contributed by atoms with Crippen LogP contribution in [0.3, 0.4) is 0 Å². The molecule has 1 aliphatic heterocycles. The molecule has 5 rings (SSSR count). The number of piperidine rings is 1. The number of nitrogens with zero attached hydrogens (tertiary/aromatic N) is 1. The molecule has 1 saturated carbocycles. The molecule has 2 aromatic heterocycles. The van der Waals surface area contributed by atoms with Gasteiger partial charge in [0.2, 0.25) is 5.91 Å². The van der Waals surface area contributed by atoms with Crippen molar-refractivity contribution in [3.05, 3.63) is 41.2 Å². The number of hydrogen-bond acceptors (Lipinski definition) is 2. The van der Waals surface area contributed by atoms with E-state index in [0.717, 1.165) is 25.9 Å². The second-order valence-electron chi connectivity index (χ2n) is 8.29. The maximum absolute atomic E-state index is 12.8. The van der Waals surface area contributed by atoms with Crippen molar-refractivity contribution < 1.29 is 4.79 Å². The lowest BCUT2D eigenvalue weighted by molar-refractivity contribution is -0.124. The molecule has 24 heavy (non-hydrogen) atoms. The largest absolute Gasteiger partial charge is 0.345 e. The van der Waals surface area contributed by atoms with Crippen LogP contribution in [0.1, 0.15) is 37.1 Å². The van der Waals surface area contributed by atoms with Crippen LogP contribution in [0.4, 0.5) is 0 Å². The summed E-state index contributed by atoms with van der Waals surface area (Å²) in [4.78, 5) is 12.8. The van der Waals surface area contributed by atoms with Crippen molar-refractivity contribution in [3.8, 4) is 0 Å². The van der Waals surface area contributed by atoms with Gasteiger partial charge in [-0.1, -0.05) is 6.07 Å². The summed E-state index contributed by atoms with van der Waals surface area (Å²) in [5.74, 6) is 1.59. The molecule has 2 fully saturated rings. The Labute approximate surface area is 142 Å². The first-order chi connectivity index (χ1) is 11.6. The molecular weight excluding hydrogens is 298 g/mol. The van der Waals surface area contributed by atoms with Crippen LogP contribution in [-0.2, 0) is 23.2 Å². The minimum absolute atomic E-state index is 0.225. The van der Waals surface area contributed by atoms with Crippen LogP contribution < -0.4 is 10.6 Å². The molecular formula is C20H25N3O. The molecule has 3 heterocycles. The monoisotopic (exact) mass is 323 g/mol. The molecule has 2 aromatic rings. The number of carbonyl (C=O) groups excluding carboxylic acids is 1. The van der Waals surface area contributed by atoms with Gasteiger partial charge in [-0.05, 0) is 81.3 Å². The number of fused-ring (bicyclic) bond motifs is 1. The van der Waals surface area contributed by atoms with Gasteiger partial charge in [-0.2, -0.15) is 0 Å². The highest BCUT2D eigenvalue weighted by Gasteiger charge is 2.57. The van der Waals surface area contributed by atoms with Crippen LogP contribution in [0.25, 0.3) is 5.52 Å². The van der Waals surface area contributed by atoms with E-state index < -0.39 is 0 Å². The van der Waals surface area contributed by atoms with Crippen LogP contribution in [0.2, 0.25) is 0 Å². The number of amides is 1. The van der Waals surface area contributed by atoms with Gasteiger partial charge in [0.1, 0.15) is 0 Å². The number of hydrogen-bond donors (Lipinski definition) is 2. The molecule has 3 atom stereocenters. The molecule has 3 aliphatic rings. The van der Waals surface area contributed by atoms with E-state index >= 15 is 0 Å². The van der Waals surface area contributed by atoms with Gasteiger partial charge >= 0.3 is 0 Å². The van der Waals surface area contributed by atoms with Crippen molar-refractivity contribution in [1.82, 2.24) is 15.0 Å². The van der Waals surface area contributed by atoms with E-state index in [4.69, 9.17) is 0 Å². The molecule has 1 saturated heterocycles. The number of rotatable bonds is 3. The summed E-state index contributed by atoms with van der Waals surface area (Å²) in [6, 6.07) is 6.69. The Kier molecular flexibility index (Phi) is 2.94. The summed E-state index contributed by atoms with van der Waals surface area (Å²) < 4.78 is 2.30. The van der Waals surface area contributed by atoms with E-state index in [0.29, 0.717) is 11.8 Å². The Morgan fingerprint density at radius 3 is 2.79 bits per heavy atom. The summed E-state index contributed by atoms with van der Waals surface area (Å²) in [6.45, 7) is 6.28. The fourth-order valence-corrected chi connectivity index (χ4v) is 5.02. The lowest BCUT2D eigenvalue weighted by atomic mass is 9.95. The maximum atomic E-state index is 12.8. The van der Waals surface area contributed by atoms with Crippen molar-refractivity contribution >= 4 is 11.4 Å². The second-order valence-corrected chi connectivity index (χ2v) is 8.29. The third-order valence-electron chi connectivity index (χ3n) is 6.31. The van der Waals surface area contributed by atoms with Gasteiger partial charge in [-0.25, -0.2) is 0 Å². The Morgan fingerprint density at radius 2 is 2.00 bits per heavy atom.